The summed E-state index contributed by atoms with van der Waals surface area (Å²) in [5.41, 5.74) is 1.62. The Kier molecular flexibility index (Phi) is 5.33. The molecule has 0 aliphatic heterocycles. The van der Waals surface area contributed by atoms with Crippen molar-refractivity contribution in [2.45, 2.75) is 38.6 Å². The van der Waals surface area contributed by atoms with E-state index >= 15 is 0 Å². The molecule has 2 amide bonds. The number of aryl methyl sites for hydroxylation is 1. The molecule has 0 radical (unpaired) electrons. The van der Waals surface area contributed by atoms with Crippen molar-refractivity contribution in [3.63, 3.8) is 0 Å². The van der Waals surface area contributed by atoms with E-state index in [0.29, 0.717) is 5.69 Å². The van der Waals surface area contributed by atoms with Gasteiger partial charge in [0.1, 0.15) is 0 Å². The number of aliphatic hydroxyl groups is 1. The van der Waals surface area contributed by atoms with Crippen molar-refractivity contribution >= 4 is 17.5 Å². The average Bonchev–Trinajstić information content (AvgIpc) is 2.47. The third-order valence-electron chi connectivity index (χ3n) is 3.94. The van der Waals surface area contributed by atoms with Crippen molar-refractivity contribution < 1.29 is 14.7 Å². The van der Waals surface area contributed by atoms with E-state index in [1.807, 2.05) is 25.1 Å². The Bertz CT molecular complexity index is 516. The molecule has 0 saturated heterocycles. The van der Waals surface area contributed by atoms with Crippen LogP contribution in [0.4, 0.5) is 5.69 Å². The van der Waals surface area contributed by atoms with Crippen LogP contribution in [0, 0.1) is 12.8 Å². The van der Waals surface area contributed by atoms with Crippen LogP contribution in [0.5, 0.6) is 0 Å². The summed E-state index contributed by atoms with van der Waals surface area (Å²) in [6.07, 6.45) is 3.78. The van der Waals surface area contributed by atoms with Crippen molar-refractivity contribution in [1.29, 1.82) is 0 Å². The quantitative estimate of drug-likeness (QED) is 0.740. The Morgan fingerprint density at radius 2 is 2.00 bits per heavy atom. The minimum absolute atomic E-state index is 0.0461. The molecule has 1 fully saturated rings. The van der Waals surface area contributed by atoms with Gasteiger partial charge in [-0.15, -0.1) is 0 Å². The first-order chi connectivity index (χ1) is 10.1. The Hall–Kier alpha value is -1.88. The van der Waals surface area contributed by atoms with Crippen LogP contribution in [-0.2, 0) is 9.59 Å². The summed E-state index contributed by atoms with van der Waals surface area (Å²) in [6.45, 7) is 1.97. The Balaban J connectivity index is 1.91. The third kappa shape index (κ3) is 4.29. The van der Waals surface area contributed by atoms with Gasteiger partial charge in [0.2, 0.25) is 0 Å². The molecule has 2 atom stereocenters. The third-order valence-corrected chi connectivity index (χ3v) is 3.94. The van der Waals surface area contributed by atoms with Gasteiger partial charge in [0.05, 0.1) is 0 Å². The fourth-order valence-corrected chi connectivity index (χ4v) is 2.76. The van der Waals surface area contributed by atoms with Crippen LogP contribution < -0.4 is 10.6 Å². The van der Waals surface area contributed by atoms with E-state index in [1.54, 1.807) is 6.07 Å². The second-order valence-electron chi connectivity index (χ2n) is 5.63. The van der Waals surface area contributed by atoms with Crippen LogP contribution >= 0.6 is 0 Å². The molecule has 0 heterocycles. The largest absolute Gasteiger partial charge is 0.396 e. The summed E-state index contributed by atoms with van der Waals surface area (Å²) in [7, 11) is 0. The standard InChI is InChI=1S/C16H22N2O3/c1-11-5-4-7-13(9-11)17-15(20)16(21)18-14-8-3-2-6-12(14)10-19/h4-5,7,9,12,14,19H,2-3,6,8,10H2,1H3,(H,17,20)(H,18,21). The second kappa shape index (κ2) is 7.22. The molecular formula is C16H22N2O3. The van der Waals surface area contributed by atoms with Crippen molar-refractivity contribution in [1.82, 2.24) is 5.32 Å². The number of benzene rings is 1. The lowest BCUT2D eigenvalue weighted by molar-refractivity contribution is -0.137. The predicted molar refractivity (Wildman–Crippen MR) is 80.8 cm³/mol. The summed E-state index contributed by atoms with van der Waals surface area (Å²) in [6, 6.07) is 7.19. The van der Waals surface area contributed by atoms with Crippen molar-refractivity contribution in [3.05, 3.63) is 29.8 Å². The molecule has 3 N–H and O–H groups in total. The van der Waals surface area contributed by atoms with Gasteiger partial charge in [-0.05, 0) is 37.5 Å². The number of amides is 2. The average molecular weight is 290 g/mol. The first kappa shape index (κ1) is 15.5. The van der Waals surface area contributed by atoms with Crippen molar-refractivity contribution in [2.75, 3.05) is 11.9 Å². The number of carbonyl (C=O) groups is 2. The van der Waals surface area contributed by atoms with Gasteiger partial charge in [-0.1, -0.05) is 25.0 Å². The van der Waals surface area contributed by atoms with E-state index in [2.05, 4.69) is 10.6 Å². The number of rotatable bonds is 3. The second-order valence-corrected chi connectivity index (χ2v) is 5.63. The lowest BCUT2D eigenvalue weighted by Gasteiger charge is -2.30. The van der Waals surface area contributed by atoms with Gasteiger partial charge in [0.15, 0.2) is 0 Å². The van der Waals surface area contributed by atoms with Crippen LogP contribution in [0.2, 0.25) is 0 Å². The molecule has 0 aromatic heterocycles. The normalized spacial score (nSPS) is 21.6. The molecule has 1 aliphatic rings. The van der Waals surface area contributed by atoms with Crippen LogP contribution in [-0.4, -0.2) is 29.6 Å². The van der Waals surface area contributed by atoms with Gasteiger partial charge in [-0.3, -0.25) is 9.59 Å². The van der Waals surface area contributed by atoms with Crippen molar-refractivity contribution in [2.24, 2.45) is 5.92 Å². The molecule has 0 bridgehead atoms. The van der Waals surface area contributed by atoms with Crippen LogP contribution in [0.25, 0.3) is 0 Å². The number of hydrogen-bond donors (Lipinski definition) is 3. The maximum absolute atomic E-state index is 12.0. The fourth-order valence-electron chi connectivity index (χ4n) is 2.76. The molecule has 0 spiro atoms. The fraction of sp³-hybridized carbons (Fsp3) is 0.500. The first-order valence-corrected chi connectivity index (χ1v) is 7.39. The highest BCUT2D eigenvalue weighted by atomic mass is 16.3. The maximum Gasteiger partial charge on any atom is 0.313 e. The van der Waals surface area contributed by atoms with Gasteiger partial charge in [0.25, 0.3) is 0 Å². The zero-order valence-corrected chi connectivity index (χ0v) is 12.3. The SMILES string of the molecule is Cc1cccc(NC(=O)C(=O)NC2CCCCC2CO)c1. The Labute approximate surface area is 124 Å². The molecule has 1 aliphatic carbocycles. The predicted octanol–water partition coefficient (Wildman–Crippen LogP) is 1.60. The number of carbonyl (C=O) groups excluding carboxylic acids is 2. The number of nitrogens with one attached hydrogen (secondary N) is 2. The molecule has 2 unspecified atom stereocenters. The summed E-state index contributed by atoms with van der Waals surface area (Å²) in [5, 5.41) is 14.7. The highest BCUT2D eigenvalue weighted by Gasteiger charge is 2.27. The van der Waals surface area contributed by atoms with E-state index in [0.717, 1.165) is 31.2 Å². The molecular weight excluding hydrogens is 268 g/mol. The minimum atomic E-state index is -0.664. The van der Waals surface area contributed by atoms with Crippen molar-refractivity contribution in [3.8, 4) is 0 Å². The topological polar surface area (TPSA) is 78.4 Å². The van der Waals surface area contributed by atoms with E-state index in [-0.39, 0.29) is 18.6 Å². The monoisotopic (exact) mass is 290 g/mol. The minimum Gasteiger partial charge on any atom is -0.396 e. The zero-order valence-electron chi connectivity index (χ0n) is 12.3. The Morgan fingerprint density at radius 3 is 2.71 bits per heavy atom. The van der Waals surface area contributed by atoms with Crippen LogP contribution in [0.1, 0.15) is 31.2 Å². The van der Waals surface area contributed by atoms with Gasteiger partial charge in [-0.2, -0.15) is 0 Å². The molecule has 21 heavy (non-hydrogen) atoms. The Morgan fingerprint density at radius 1 is 1.24 bits per heavy atom. The van der Waals surface area contributed by atoms with Gasteiger partial charge < -0.3 is 15.7 Å². The first-order valence-electron chi connectivity index (χ1n) is 7.39. The summed E-state index contributed by atoms with van der Waals surface area (Å²) in [4.78, 5) is 23.9. The highest BCUT2D eigenvalue weighted by molar-refractivity contribution is 6.39. The van der Waals surface area contributed by atoms with E-state index < -0.39 is 11.8 Å². The van der Waals surface area contributed by atoms with Crippen LogP contribution in [0.15, 0.2) is 24.3 Å². The van der Waals surface area contributed by atoms with E-state index in [9.17, 15) is 14.7 Å². The molecule has 5 heteroatoms. The smallest absolute Gasteiger partial charge is 0.313 e. The molecule has 1 aromatic rings. The highest BCUT2D eigenvalue weighted by Crippen LogP contribution is 2.23. The van der Waals surface area contributed by atoms with Crippen LogP contribution in [0.3, 0.4) is 0 Å². The summed E-state index contributed by atoms with van der Waals surface area (Å²) < 4.78 is 0. The van der Waals surface area contributed by atoms with Gasteiger partial charge in [0, 0.05) is 24.3 Å². The maximum atomic E-state index is 12.0. The number of hydrogen-bond acceptors (Lipinski definition) is 3. The lowest BCUT2D eigenvalue weighted by Crippen LogP contribution is -2.47. The van der Waals surface area contributed by atoms with E-state index in [1.165, 1.54) is 0 Å². The zero-order chi connectivity index (χ0) is 15.2. The molecule has 1 saturated carbocycles. The molecule has 1 aromatic carbocycles. The molecule has 2 rings (SSSR count). The van der Waals surface area contributed by atoms with E-state index in [4.69, 9.17) is 0 Å². The molecule has 5 nitrogen and oxygen atoms in total. The lowest BCUT2D eigenvalue weighted by atomic mass is 9.85. The number of anilines is 1. The van der Waals surface area contributed by atoms with Gasteiger partial charge in [-0.25, -0.2) is 0 Å². The summed E-state index contributed by atoms with van der Waals surface area (Å²) in [5.74, 6) is -1.25. The number of aliphatic hydroxyl groups excluding tert-OH is 1. The molecule has 114 valence electrons. The van der Waals surface area contributed by atoms with Gasteiger partial charge >= 0.3 is 11.8 Å². The summed E-state index contributed by atoms with van der Waals surface area (Å²) >= 11 is 0.